The molecule has 1 unspecified atom stereocenters. The molecular weight excluding hydrogens is 598 g/mol. The van der Waals surface area contributed by atoms with E-state index in [1.165, 1.54) is 4.90 Å². The number of ether oxygens (including phenoxy) is 1. The molecule has 0 aliphatic heterocycles. The molecule has 8 nitrogen and oxygen atoms in total. The van der Waals surface area contributed by atoms with E-state index in [0.717, 1.165) is 21.7 Å². The third-order valence-corrected chi connectivity index (χ3v) is 8.48. The van der Waals surface area contributed by atoms with Gasteiger partial charge in [-0.1, -0.05) is 90.5 Å². The van der Waals surface area contributed by atoms with Crippen LogP contribution in [0.25, 0.3) is 0 Å². The van der Waals surface area contributed by atoms with Crippen LogP contribution in [-0.4, -0.2) is 50.5 Å². The topological polar surface area (TPSA) is 96.0 Å². The molecule has 0 bridgehead atoms. The first-order chi connectivity index (χ1) is 21.2. The molecule has 0 saturated heterocycles. The van der Waals surface area contributed by atoms with Crippen molar-refractivity contribution in [1.82, 2.24) is 10.2 Å². The molecule has 0 heterocycles. The predicted octanol–water partition coefficient (Wildman–Crippen LogP) is 5.46. The van der Waals surface area contributed by atoms with Gasteiger partial charge in [0.1, 0.15) is 24.9 Å². The second-order valence-corrected chi connectivity index (χ2v) is 12.6. The van der Waals surface area contributed by atoms with E-state index >= 15 is 0 Å². The highest BCUT2D eigenvalue weighted by Gasteiger charge is 2.33. The van der Waals surface area contributed by atoms with Gasteiger partial charge < -0.3 is 15.0 Å². The van der Waals surface area contributed by atoms with Gasteiger partial charge in [0.15, 0.2) is 0 Å². The van der Waals surface area contributed by atoms with Gasteiger partial charge in [0.05, 0.1) is 11.9 Å². The molecule has 4 aromatic rings. The molecule has 230 valence electrons. The average Bonchev–Trinajstić information content (AvgIpc) is 3.02. The zero-order chi connectivity index (χ0) is 31.5. The van der Waals surface area contributed by atoms with Crippen molar-refractivity contribution >= 4 is 39.1 Å². The van der Waals surface area contributed by atoms with Crippen LogP contribution in [0.15, 0.2) is 109 Å². The smallest absolute Gasteiger partial charge is 0.244 e. The molecule has 0 aromatic heterocycles. The largest absolute Gasteiger partial charge is 0.489 e. The number of rotatable bonds is 14. The van der Waals surface area contributed by atoms with Crippen LogP contribution in [0.2, 0.25) is 5.02 Å². The number of anilines is 1. The number of nitrogens with one attached hydrogen (secondary N) is 1. The van der Waals surface area contributed by atoms with Crippen molar-refractivity contribution in [2.45, 2.75) is 32.5 Å². The maximum Gasteiger partial charge on any atom is 0.244 e. The van der Waals surface area contributed by atoms with Gasteiger partial charge in [-0.2, -0.15) is 0 Å². The van der Waals surface area contributed by atoms with Gasteiger partial charge in [0.2, 0.25) is 21.8 Å². The van der Waals surface area contributed by atoms with Crippen molar-refractivity contribution in [2.24, 2.45) is 0 Å². The summed E-state index contributed by atoms with van der Waals surface area (Å²) in [5.41, 5.74) is 2.78. The quantitative estimate of drug-likeness (QED) is 0.199. The number of carbonyl (C=O) groups excluding carboxylic acids is 2. The van der Waals surface area contributed by atoms with E-state index in [9.17, 15) is 18.0 Å². The first-order valence-electron chi connectivity index (χ1n) is 14.2. The van der Waals surface area contributed by atoms with Crippen LogP contribution in [0.1, 0.15) is 23.6 Å². The summed E-state index contributed by atoms with van der Waals surface area (Å²) < 4.78 is 32.9. The Bertz CT molecular complexity index is 1630. The van der Waals surface area contributed by atoms with E-state index in [4.69, 9.17) is 16.3 Å². The van der Waals surface area contributed by atoms with Crippen molar-refractivity contribution in [2.75, 3.05) is 23.7 Å². The Balaban J connectivity index is 1.63. The summed E-state index contributed by atoms with van der Waals surface area (Å²) in [5.74, 6) is -0.341. The fourth-order valence-corrected chi connectivity index (χ4v) is 5.76. The SMILES string of the molecule is CCNC(=O)C(Cc1ccccc1)N(Cc1ccccc1Cl)C(=O)CN(c1ccc(OCc2ccccc2)cc1)S(C)(=O)=O. The lowest BCUT2D eigenvalue weighted by Gasteiger charge is -2.33. The minimum atomic E-state index is -3.89. The van der Waals surface area contributed by atoms with Gasteiger partial charge in [-0.05, 0) is 53.9 Å². The van der Waals surface area contributed by atoms with Crippen molar-refractivity contribution in [3.05, 3.63) is 131 Å². The lowest BCUT2D eigenvalue weighted by molar-refractivity contribution is -0.140. The van der Waals surface area contributed by atoms with Crippen molar-refractivity contribution in [3.63, 3.8) is 0 Å². The molecule has 10 heteroatoms. The number of benzene rings is 4. The summed E-state index contributed by atoms with van der Waals surface area (Å²) in [7, 11) is -3.89. The van der Waals surface area contributed by atoms with Gasteiger partial charge in [-0.15, -0.1) is 0 Å². The van der Waals surface area contributed by atoms with Crippen LogP contribution < -0.4 is 14.4 Å². The lowest BCUT2D eigenvalue weighted by Crippen LogP contribution is -2.53. The van der Waals surface area contributed by atoms with E-state index < -0.39 is 28.5 Å². The number of amides is 2. The molecule has 0 aliphatic carbocycles. The Labute approximate surface area is 264 Å². The zero-order valence-electron chi connectivity index (χ0n) is 24.7. The molecule has 44 heavy (non-hydrogen) atoms. The van der Waals surface area contributed by atoms with E-state index in [0.29, 0.717) is 35.2 Å². The van der Waals surface area contributed by atoms with Gasteiger partial charge in [-0.25, -0.2) is 8.42 Å². The summed E-state index contributed by atoms with van der Waals surface area (Å²) in [6, 6.07) is 31.7. The number of carbonyl (C=O) groups is 2. The van der Waals surface area contributed by atoms with Crippen LogP contribution in [0, 0.1) is 0 Å². The van der Waals surface area contributed by atoms with Gasteiger partial charge in [-0.3, -0.25) is 13.9 Å². The second-order valence-electron chi connectivity index (χ2n) is 10.3. The predicted molar refractivity (Wildman–Crippen MR) is 174 cm³/mol. The Morgan fingerprint density at radius 3 is 2.02 bits per heavy atom. The fraction of sp³-hybridized carbons (Fsp3) is 0.235. The van der Waals surface area contributed by atoms with Crippen LogP contribution in [0.4, 0.5) is 5.69 Å². The molecule has 0 saturated carbocycles. The molecule has 0 fully saturated rings. The van der Waals surface area contributed by atoms with Crippen molar-refractivity contribution in [1.29, 1.82) is 0 Å². The highest BCUT2D eigenvalue weighted by Crippen LogP contribution is 2.25. The highest BCUT2D eigenvalue weighted by atomic mass is 35.5. The first-order valence-corrected chi connectivity index (χ1v) is 16.5. The number of likely N-dealkylation sites (N-methyl/N-ethyl adjacent to an activating group) is 1. The third-order valence-electron chi connectivity index (χ3n) is 6.97. The van der Waals surface area contributed by atoms with Crippen molar-refractivity contribution < 1.29 is 22.7 Å². The maximum atomic E-state index is 14.1. The summed E-state index contributed by atoms with van der Waals surface area (Å²) in [6.07, 6.45) is 1.28. The number of sulfonamides is 1. The minimum Gasteiger partial charge on any atom is -0.489 e. The van der Waals surface area contributed by atoms with Crippen LogP contribution in [-0.2, 0) is 39.2 Å². The summed E-state index contributed by atoms with van der Waals surface area (Å²) in [4.78, 5) is 29.0. The van der Waals surface area contributed by atoms with Gasteiger partial charge in [0, 0.05) is 24.5 Å². The van der Waals surface area contributed by atoms with E-state index in [1.807, 2.05) is 60.7 Å². The van der Waals surface area contributed by atoms with Crippen LogP contribution in [0.3, 0.4) is 0 Å². The Kier molecular flexibility index (Phi) is 11.4. The van der Waals surface area contributed by atoms with Crippen molar-refractivity contribution in [3.8, 4) is 5.75 Å². The summed E-state index contributed by atoms with van der Waals surface area (Å²) in [6.45, 7) is 2.02. The third kappa shape index (κ3) is 9.08. The molecule has 4 aromatic carbocycles. The first kappa shape index (κ1) is 32.6. The fourth-order valence-electron chi connectivity index (χ4n) is 4.72. The van der Waals surface area contributed by atoms with Crippen LogP contribution >= 0.6 is 11.6 Å². The Morgan fingerprint density at radius 2 is 1.43 bits per heavy atom. The zero-order valence-corrected chi connectivity index (χ0v) is 26.3. The number of hydrogen-bond acceptors (Lipinski definition) is 5. The monoisotopic (exact) mass is 633 g/mol. The summed E-state index contributed by atoms with van der Waals surface area (Å²) in [5, 5.41) is 3.27. The number of hydrogen-bond donors (Lipinski definition) is 1. The standard InChI is InChI=1S/C34H36ClN3O5S/c1-3-36-34(40)32(22-26-12-6-4-7-13-26)37(23-28-16-10-11-17-31(28)35)33(39)24-38(44(2,41)42)29-18-20-30(21-19-29)43-25-27-14-8-5-9-15-27/h4-21,32H,3,22-25H2,1-2H3,(H,36,40). The van der Waals surface area contributed by atoms with E-state index in [1.54, 1.807) is 55.5 Å². The number of nitrogens with zero attached hydrogens (tertiary/aromatic N) is 2. The summed E-state index contributed by atoms with van der Waals surface area (Å²) >= 11 is 6.48. The molecular formula is C34H36ClN3O5S. The van der Waals surface area contributed by atoms with Gasteiger partial charge in [0.25, 0.3) is 0 Å². The normalized spacial score (nSPS) is 11.8. The molecule has 0 radical (unpaired) electrons. The minimum absolute atomic E-state index is 0.0109. The molecule has 1 atom stereocenters. The Hall–Kier alpha value is -4.34. The van der Waals surface area contributed by atoms with E-state index in [-0.39, 0.29) is 18.9 Å². The highest BCUT2D eigenvalue weighted by molar-refractivity contribution is 7.92. The Morgan fingerprint density at radius 1 is 0.841 bits per heavy atom. The molecule has 0 aliphatic rings. The number of halogens is 1. The lowest BCUT2D eigenvalue weighted by atomic mass is 10.0. The van der Waals surface area contributed by atoms with Gasteiger partial charge >= 0.3 is 0 Å². The molecule has 1 N–H and O–H groups in total. The van der Waals surface area contributed by atoms with Crippen LogP contribution in [0.5, 0.6) is 5.75 Å². The second kappa shape index (κ2) is 15.4. The molecule has 0 spiro atoms. The maximum absolute atomic E-state index is 14.1. The van der Waals surface area contributed by atoms with E-state index in [2.05, 4.69) is 5.32 Å². The molecule has 4 rings (SSSR count). The molecule has 2 amide bonds. The average molecular weight is 634 g/mol.